The molecule has 1 aromatic heterocycles. The van der Waals surface area contributed by atoms with Crippen LogP contribution in [0, 0.1) is 0 Å². The van der Waals surface area contributed by atoms with Crippen LogP contribution in [0.15, 0.2) is 18.5 Å². The molecule has 1 rings (SSSR count). The topological polar surface area (TPSA) is 42.4 Å². The molecule has 0 saturated heterocycles. The first-order chi connectivity index (χ1) is 7.63. The molecule has 0 saturated carbocycles. The summed E-state index contributed by atoms with van der Waals surface area (Å²) in [6, 6.07) is 1.86. The van der Waals surface area contributed by atoms with E-state index in [0.29, 0.717) is 11.5 Å². The van der Waals surface area contributed by atoms with E-state index in [1.165, 1.54) is 0 Å². The Morgan fingerprint density at radius 3 is 2.81 bits per heavy atom. The van der Waals surface area contributed by atoms with Crippen LogP contribution in [0.1, 0.15) is 32.4 Å². The van der Waals surface area contributed by atoms with Crippen molar-refractivity contribution in [3.05, 3.63) is 24.0 Å². The molecule has 0 aliphatic carbocycles. The minimum atomic E-state index is -0.465. The largest absolute Gasteiger partial charge is 0.489 e. The molecule has 16 heavy (non-hydrogen) atoms. The quantitative estimate of drug-likeness (QED) is 0.831. The number of hydrogen-bond acceptors (Lipinski definition) is 4. The van der Waals surface area contributed by atoms with Crippen LogP contribution in [0.3, 0.4) is 0 Å². The first kappa shape index (κ1) is 13.3. The van der Waals surface area contributed by atoms with E-state index in [0.717, 1.165) is 11.3 Å². The average Bonchev–Trinajstić information content (AvgIpc) is 2.25. The smallest absolute Gasteiger partial charge is 0.138 e. The van der Waals surface area contributed by atoms with E-state index in [2.05, 4.69) is 11.9 Å². The Morgan fingerprint density at radius 2 is 2.19 bits per heavy atom. The highest BCUT2D eigenvalue weighted by Crippen LogP contribution is 2.21. The van der Waals surface area contributed by atoms with Gasteiger partial charge in [-0.2, -0.15) is 11.8 Å². The van der Waals surface area contributed by atoms with Crippen molar-refractivity contribution in [2.24, 2.45) is 0 Å². The average molecular weight is 241 g/mol. The van der Waals surface area contributed by atoms with Gasteiger partial charge in [0.2, 0.25) is 0 Å². The van der Waals surface area contributed by atoms with Gasteiger partial charge in [-0.1, -0.05) is 6.92 Å². The summed E-state index contributed by atoms with van der Waals surface area (Å²) in [7, 11) is 0. The first-order valence-corrected chi connectivity index (χ1v) is 6.66. The summed E-state index contributed by atoms with van der Waals surface area (Å²) in [5.74, 6) is 2.42. The molecule has 4 heteroatoms. The number of pyridine rings is 1. The van der Waals surface area contributed by atoms with Gasteiger partial charge >= 0.3 is 0 Å². The monoisotopic (exact) mass is 241 g/mol. The second-order valence-electron chi connectivity index (χ2n) is 3.80. The number of aliphatic hydroxyl groups excluding tert-OH is 1. The Kier molecular flexibility index (Phi) is 5.63. The van der Waals surface area contributed by atoms with E-state index in [1.807, 2.05) is 19.9 Å². The van der Waals surface area contributed by atoms with Crippen LogP contribution in [-0.4, -0.2) is 27.7 Å². The molecule has 0 bridgehead atoms. The van der Waals surface area contributed by atoms with Crippen LogP contribution in [0.4, 0.5) is 0 Å². The maximum atomic E-state index is 9.89. The molecule has 0 aliphatic rings. The summed E-state index contributed by atoms with van der Waals surface area (Å²) >= 11 is 1.71. The number of rotatable bonds is 6. The lowest BCUT2D eigenvalue weighted by atomic mass is 10.2. The zero-order valence-electron chi connectivity index (χ0n) is 10.0. The third-order valence-electron chi connectivity index (χ3n) is 1.97. The third kappa shape index (κ3) is 4.41. The number of thioether (sulfide) groups is 1. The van der Waals surface area contributed by atoms with Crippen LogP contribution in [0.5, 0.6) is 5.75 Å². The SMILES string of the molecule is CCSCC(O)c1cncc(OC(C)C)c1. The van der Waals surface area contributed by atoms with E-state index in [1.54, 1.807) is 24.2 Å². The molecule has 0 spiro atoms. The molecule has 3 nitrogen and oxygen atoms in total. The summed E-state index contributed by atoms with van der Waals surface area (Å²) in [5.41, 5.74) is 0.819. The van der Waals surface area contributed by atoms with Gasteiger partial charge in [-0.3, -0.25) is 4.98 Å². The minimum absolute atomic E-state index is 0.124. The second-order valence-corrected chi connectivity index (χ2v) is 5.11. The van der Waals surface area contributed by atoms with Crippen molar-refractivity contribution < 1.29 is 9.84 Å². The van der Waals surface area contributed by atoms with E-state index in [9.17, 15) is 5.11 Å². The third-order valence-corrected chi connectivity index (χ3v) is 2.93. The van der Waals surface area contributed by atoms with Crippen LogP contribution < -0.4 is 4.74 Å². The first-order valence-electron chi connectivity index (χ1n) is 5.51. The highest BCUT2D eigenvalue weighted by molar-refractivity contribution is 7.99. The van der Waals surface area contributed by atoms with Gasteiger partial charge in [-0.25, -0.2) is 0 Å². The predicted molar refractivity (Wildman–Crippen MR) is 68.0 cm³/mol. The highest BCUT2D eigenvalue weighted by Gasteiger charge is 2.09. The van der Waals surface area contributed by atoms with Crippen molar-refractivity contribution in [3.63, 3.8) is 0 Å². The van der Waals surface area contributed by atoms with Gasteiger partial charge in [0.1, 0.15) is 5.75 Å². The van der Waals surface area contributed by atoms with Crippen LogP contribution in [0.2, 0.25) is 0 Å². The number of nitrogens with zero attached hydrogens (tertiary/aromatic N) is 1. The standard InChI is InChI=1S/C12H19NO2S/c1-4-16-8-12(14)10-5-11(7-13-6-10)15-9(2)3/h5-7,9,12,14H,4,8H2,1-3H3. The normalized spacial score (nSPS) is 12.8. The van der Waals surface area contributed by atoms with Crippen molar-refractivity contribution >= 4 is 11.8 Å². The Bertz CT molecular complexity index is 318. The highest BCUT2D eigenvalue weighted by atomic mass is 32.2. The van der Waals surface area contributed by atoms with Gasteiger partial charge in [-0.05, 0) is 25.7 Å². The fraction of sp³-hybridized carbons (Fsp3) is 0.583. The van der Waals surface area contributed by atoms with Crippen LogP contribution in [-0.2, 0) is 0 Å². The Balaban J connectivity index is 2.65. The van der Waals surface area contributed by atoms with Crippen LogP contribution in [0.25, 0.3) is 0 Å². The van der Waals surface area contributed by atoms with Gasteiger partial charge in [0, 0.05) is 17.5 Å². The molecule has 0 radical (unpaired) electrons. The lowest BCUT2D eigenvalue weighted by molar-refractivity contribution is 0.201. The second kappa shape index (κ2) is 6.76. The molecular weight excluding hydrogens is 222 g/mol. The summed E-state index contributed by atoms with van der Waals surface area (Å²) in [6.45, 7) is 6.01. The van der Waals surface area contributed by atoms with Gasteiger partial charge in [-0.15, -0.1) is 0 Å². The molecule has 1 N–H and O–H groups in total. The summed E-state index contributed by atoms with van der Waals surface area (Å²) < 4.78 is 5.53. The van der Waals surface area contributed by atoms with Gasteiger partial charge in [0.25, 0.3) is 0 Å². The van der Waals surface area contributed by atoms with Gasteiger partial charge in [0.05, 0.1) is 18.4 Å². The molecule has 1 aromatic rings. The Hall–Kier alpha value is -0.740. The van der Waals surface area contributed by atoms with E-state index in [4.69, 9.17) is 4.74 Å². The van der Waals surface area contributed by atoms with Crippen molar-refractivity contribution in [1.82, 2.24) is 4.98 Å². The molecular formula is C12H19NO2S. The molecule has 0 fully saturated rings. The van der Waals surface area contributed by atoms with Crippen molar-refractivity contribution in [2.45, 2.75) is 33.0 Å². The lowest BCUT2D eigenvalue weighted by Crippen LogP contribution is -2.07. The molecule has 0 aliphatic heterocycles. The minimum Gasteiger partial charge on any atom is -0.489 e. The van der Waals surface area contributed by atoms with Crippen molar-refractivity contribution in [3.8, 4) is 5.75 Å². The van der Waals surface area contributed by atoms with Gasteiger partial charge in [0.15, 0.2) is 0 Å². The lowest BCUT2D eigenvalue weighted by Gasteiger charge is -2.13. The Labute approximate surface area is 101 Å². The van der Waals surface area contributed by atoms with Crippen molar-refractivity contribution in [2.75, 3.05) is 11.5 Å². The van der Waals surface area contributed by atoms with Crippen molar-refractivity contribution in [1.29, 1.82) is 0 Å². The fourth-order valence-electron chi connectivity index (χ4n) is 1.28. The van der Waals surface area contributed by atoms with E-state index >= 15 is 0 Å². The molecule has 1 unspecified atom stereocenters. The summed E-state index contributed by atoms with van der Waals surface area (Å²) in [6.07, 6.45) is 3.02. The zero-order chi connectivity index (χ0) is 12.0. The van der Waals surface area contributed by atoms with E-state index < -0.39 is 6.10 Å². The maximum absolute atomic E-state index is 9.89. The molecule has 0 aromatic carbocycles. The maximum Gasteiger partial charge on any atom is 0.138 e. The molecule has 1 atom stereocenters. The summed E-state index contributed by atoms with van der Waals surface area (Å²) in [4.78, 5) is 4.07. The van der Waals surface area contributed by atoms with Crippen LogP contribution >= 0.6 is 11.8 Å². The molecule has 90 valence electrons. The predicted octanol–water partition coefficient (Wildman–Crippen LogP) is 2.66. The summed E-state index contributed by atoms with van der Waals surface area (Å²) in [5, 5.41) is 9.89. The molecule has 1 heterocycles. The number of aromatic nitrogens is 1. The number of aliphatic hydroxyl groups is 1. The number of hydrogen-bond donors (Lipinski definition) is 1. The van der Waals surface area contributed by atoms with E-state index in [-0.39, 0.29) is 6.10 Å². The van der Waals surface area contributed by atoms with Gasteiger partial charge < -0.3 is 9.84 Å². The fourth-order valence-corrected chi connectivity index (χ4v) is 1.93. The zero-order valence-corrected chi connectivity index (χ0v) is 10.8. The Morgan fingerprint density at radius 1 is 1.44 bits per heavy atom. The number of ether oxygens (including phenoxy) is 1. The molecule has 0 amide bonds.